The number of aliphatic hydroxyl groups is 1. The van der Waals surface area contributed by atoms with Gasteiger partial charge in [-0.1, -0.05) is 6.92 Å². The van der Waals surface area contributed by atoms with Crippen LogP contribution in [0.3, 0.4) is 0 Å². The molecule has 1 unspecified atom stereocenters. The number of rotatable bonds is 5. The molecular formula is C18H25N3O3. The standard InChI is InChI=1S/C18H25N3O3/c1-5-14-12(8-20(2)19-14)9-21-10-13-16(23-3)6-7-17(24-4)18(13)15(22)11-21/h6-8,15,22H,5,9-11H2,1-4H3. The molecule has 2 heterocycles. The van der Waals surface area contributed by atoms with Crippen LogP contribution in [0.1, 0.15) is 35.4 Å². The van der Waals surface area contributed by atoms with Crippen molar-refractivity contribution in [2.24, 2.45) is 7.05 Å². The molecule has 1 aromatic carbocycles. The minimum atomic E-state index is -0.597. The zero-order chi connectivity index (χ0) is 17.3. The second kappa shape index (κ2) is 6.83. The summed E-state index contributed by atoms with van der Waals surface area (Å²) in [5.74, 6) is 1.50. The van der Waals surface area contributed by atoms with Crippen molar-refractivity contribution in [3.05, 3.63) is 40.7 Å². The van der Waals surface area contributed by atoms with E-state index < -0.39 is 6.10 Å². The summed E-state index contributed by atoms with van der Waals surface area (Å²) in [6.45, 7) is 4.15. The van der Waals surface area contributed by atoms with Crippen LogP contribution in [-0.4, -0.2) is 40.6 Å². The largest absolute Gasteiger partial charge is 0.496 e. The van der Waals surface area contributed by atoms with Gasteiger partial charge >= 0.3 is 0 Å². The van der Waals surface area contributed by atoms with Crippen LogP contribution < -0.4 is 9.47 Å². The summed E-state index contributed by atoms with van der Waals surface area (Å²) in [5, 5.41) is 15.2. The molecule has 2 aromatic rings. The molecule has 6 heteroatoms. The first-order chi connectivity index (χ1) is 11.6. The van der Waals surface area contributed by atoms with Crippen LogP contribution in [0.5, 0.6) is 11.5 Å². The maximum absolute atomic E-state index is 10.7. The maximum Gasteiger partial charge on any atom is 0.125 e. The Morgan fingerprint density at radius 1 is 1.25 bits per heavy atom. The molecule has 0 amide bonds. The molecule has 0 spiro atoms. The number of ether oxygens (including phenoxy) is 2. The molecule has 6 nitrogen and oxygen atoms in total. The van der Waals surface area contributed by atoms with E-state index in [1.165, 1.54) is 5.56 Å². The van der Waals surface area contributed by atoms with E-state index in [-0.39, 0.29) is 0 Å². The molecule has 0 aliphatic carbocycles. The monoisotopic (exact) mass is 331 g/mol. The highest BCUT2D eigenvalue weighted by atomic mass is 16.5. The third-order valence-corrected chi connectivity index (χ3v) is 4.58. The number of benzene rings is 1. The third kappa shape index (κ3) is 2.99. The fourth-order valence-electron chi connectivity index (χ4n) is 3.52. The Kier molecular flexibility index (Phi) is 4.78. The highest BCUT2D eigenvalue weighted by Gasteiger charge is 2.30. The van der Waals surface area contributed by atoms with E-state index in [1.807, 2.05) is 23.9 Å². The summed E-state index contributed by atoms with van der Waals surface area (Å²) < 4.78 is 12.8. The third-order valence-electron chi connectivity index (χ3n) is 4.58. The van der Waals surface area contributed by atoms with Gasteiger partial charge in [-0.3, -0.25) is 9.58 Å². The normalized spacial score (nSPS) is 17.6. The molecule has 0 saturated heterocycles. The van der Waals surface area contributed by atoms with Gasteiger partial charge in [0.1, 0.15) is 11.5 Å². The van der Waals surface area contributed by atoms with E-state index in [2.05, 4.69) is 23.1 Å². The van der Waals surface area contributed by atoms with Crippen LogP contribution in [0.2, 0.25) is 0 Å². The van der Waals surface area contributed by atoms with Gasteiger partial charge in [0.05, 0.1) is 26.0 Å². The highest BCUT2D eigenvalue weighted by molar-refractivity contribution is 5.51. The lowest BCUT2D eigenvalue weighted by Gasteiger charge is -2.33. The number of nitrogens with zero attached hydrogens (tertiary/aromatic N) is 3. The lowest BCUT2D eigenvalue weighted by molar-refractivity contribution is 0.0842. The summed E-state index contributed by atoms with van der Waals surface area (Å²) >= 11 is 0. The van der Waals surface area contributed by atoms with Crippen molar-refractivity contribution in [3.8, 4) is 11.5 Å². The Morgan fingerprint density at radius 2 is 1.96 bits per heavy atom. The zero-order valence-corrected chi connectivity index (χ0v) is 14.7. The number of β-amino-alcohol motifs (C(OH)–C–C–N with tert-alkyl or cyclic N) is 1. The van der Waals surface area contributed by atoms with Crippen LogP contribution in [0, 0.1) is 0 Å². The van der Waals surface area contributed by atoms with Crippen molar-refractivity contribution in [1.29, 1.82) is 0 Å². The quantitative estimate of drug-likeness (QED) is 0.909. The van der Waals surface area contributed by atoms with Crippen LogP contribution >= 0.6 is 0 Å². The van der Waals surface area contributed by atoms with E-state index in [0.29, 0.717) is 18.8 Å². The molecule has 1 aliphatic rings. The average molecular weight is 331 g/mol. The number of hydrogen-bond acceptors (Lipinski definition) is 5. The van der Waals surface area contributed by atoms with Crippen molar-refractivity contribution in [2.75, 3.05) is 20.8 Å². The molecule has 0 radical (unpaired) electrons. The molecule has 1 atom stereocenters. The van der Waals surface area contributed by atoms with Crippen molar-refractivity contribution in [2.45, 2.75) is 32.5 Å². The number of fused-ring (bicyclic) bond motifs is 1. The molecule has 130 valence electrons. The van der Waals surface area contributed by atoms with Crippen LogP contribution in [0.25, 0.3) is 0 Å². The van der Waals surface area contributed by atoms with Crippen LogP contribution in [-0.2, 0) is 26.6 Å². The Bertz CT molecular complexity index is 727. The fourth-order valence-corrected chi connectivity index (χ4v) is 3.52. The summed E-state index contributed by atoms with van der Waals surface area (Å²) in [5.41, 5.74) is 4.15. The van der Waals surface area contributed by atoms with Crippen molar-refractivity contribution >= 4 is 0 Å². The van der Waals surface area contributed by atoms with Gasteiger partial charge < -0.3 is 14.6 Å². The number of aryl methyl sites for hydroxylation is 2. The molecule has 3 rings (SSSR count). The fraction of sp³-hybridized carbons (Fsp3) is 0.500. The molecule has 1 aliphatic heterocycles. The molecule has 0 saturated carbocycles. The van der Waals surface area contributed by atoms with Gasteiger partial charge in [-0.2, -0.15) is 5.10 Å². The zero-order valence-electron chi connectivity index (χ0n) is 14.7. The predicted molar refractivity (Wildman–Crippen MR) is 91.2 cm³/mol. The van der Waals surface area contributed by atoms with E-state index in [0.717, 1.165) is 35.5 Å². The predicted octanol–water partition coefficient (Wildman–Crippen LogP) is 2.05. The number of hydrogen-bond donors (Lipinski definition) is 1. The van der Waals surface area contributed by atoms with Crippen molar-refractivity contribution in [1.82, 2.24) is 14.7 Å². The second-order valence-electron chi connectivity index (χ2n) is 6.18. The molecular weight excluding hydrogens is 306 g/mol. The smallest absolute Gasteiger partial charge is 0.125 e. The number of aliphatic hydroxyl groups excluding tert-OH is 1. The summed E-state index contributed by atoms with van der Waals surface area (Å²) in [4.78, 5) is 2.23. The van der Waals surface area contributed by atoms with Gasteiger partial charge in [-0.25, -0.2) is 0 Å². The summed E-state index contributed by atoms with van der Waals surface area (Å²) in [6.07, 6.45) is 2.37. The van der Waals surface area contributed by atoms with Gasteiger partial charge in [0.25, 0.3) is 0 Å². The minimum absolute atomic E-state index is 0.564. The van der Waals surface area contributed by atoms with E-state index in [1.54, 1.807) is 14.2 Å². The molecule has 0 fully saturated rings. The van der Waals surface area contributed by atoms with Gasteiger partial charge in [0.15, 0.2) is 0 Å². The Morgan fingerprint density at radius 3 is 2.62 bits per heavy atom. The Labute approximate surface area is 142 Å². The van der Waals surface area contributed by atoms with Crippen LogP contribution in [0.15, 0.2) is 18.3 Å². The number of aromatic nitrogens is 2. The first kappa shape index (κ1) is 16.8. The number of methoxy groups -OCH3 is 2. The minimum Gasteiger partial charge on any atom is -0.496 e. The first-order valence-corrected chi connectivity index (χ1v) is 8.22. The van der Waals surface area contributed by atoms with Gasteiger partial charge in [-0.05, 0) is 18.6 Å². The molecule has 1 aromatic heterocycles. The topological polar surface area (TPSA) is 59.8 Å². The lowest BCUT2D eigenvalue weighted by Crippen LogP contribution is -2.34. The van der Waals surface area contributed by atoms with Gasteiger partial charge in [0, 0.05) is 49.6 Å². The van der Waals surface area contributed by atoms with Crippen LogP contribution in [0.4, 0.5) is 0 Å². The Hall–Kier alpha value is -2.05. The van der Waals surface area contributed by atoms with E-state index >= 15 is 0 Å². The van der Waals surface area contributed by atoms with E-state index in [4.69, 9.17) is 9.47 Å². The molecule has 24 heavy (non-hydrogen) atoms. The van der Waals surface area contributed by atoms with Crippen molar-refractivity contribution in [3.63, 3.8) is 0 Å². The van der Waals surface area contributed by atoms with E-state index in [9.17, 15) is 5.11 Å². The first-order valence-electron chi connectivity index (χ1n) is 8.22. The molecule has 0 bridgehead atoms. The highest BCUT2D eigenvalue weighted by Crippen LogP contribution is 2.39. The van der Waals surface area contributed by atoms with Crippen molar-refractivity contribution < 1.29 is 14.6 Å². The summed E-state index contributed by atoms with van der Waals surface area (Å²) in [6, 6.07) is 3.75. The summed E-state index contributed by atoms with van der Waals surface area (Å²) in [7, 11) is 5.23. The lowest BCUT2D eigenvalue weighted by atomic mass is 9.95. The SMILES string of the molecule is CCc1nn(C)cc1CN1Cc2c(OC)ccc(OC)c2C(O)C1. The van der Waals surface area contributed by atoms with Gasteiger partial charge in [-0.15, -0.1) is 0 Å². The molecule has 1 N–H and O–H groups in total. The maximum atomic E-state index is 10.7. The second-order valence-corrected chi connectivity index (χ2v) is 6.18. The average Bonchev–Trinajstić information content (AvgIpc) is 2.93. The Balaban J connectivity index is 1.91. The van der Waals surface area contributed by atoms with Gasteiger partial charge in [0.2, 0.25) is 0 Å².